The molecule has 42 valence electrons. The van der Waals surface area contributed by atoms with E-state index in [9.17, 15) is 0 Å². The van der Waals surface area contributed by atoms with Crippen LogP contribution in [-0.4, -0.2) is 43.9 Å². The van der Waals surface area contributed by atoms with Gasteiger partial charge < -0.3 is 4.48 Å². The van der Waals surface area contributed by atoms with Crippen LogP contribution in [0.15, 0.2) is 0 Å². The van der Waals surface area contributed by atoms with E-state index in [0.717, 1.165) is 4.48 Å². The first-order valence-electron chi connectivity index (χ1n) is 2.61. The summed E-state index contributed by atoms with van der Waals surface area (Å²) >= 11 is 0. The second-order valence-electron chi connectivity index (χ2n) is 3.07. The summed E-state index contributed by atoms with van der Waals surface area (Å²) in [5.74, 6) is 0. The van der Waals surface area contributed by atoms with E-state index in [4.69, 9.17) is 0 Å². The third-order valence-corrected chi connectivity index (χ3v) is 1.25. The number of quaternary nitrogens is 1. The Morgan fingerprint density at radius 3 is 1.71 bits per heavy atom. The molecule has 1 aliphatic rings. The molecule has 0 spiro atoms. The molecule has 0 bridgehead atoms. The first kappa shape index (κ1) is 5.06. The van der Waals surface area contributed by atoms with Crippen molar-refractivity contribution < 1.29 is 4.48 Å². The van der Waals surface area contributed by atoms with Crippen LogP contribution >= 0.6 is 0 Å². The van der Waals surface area contributed by atoms with Crippen molar-refractivity contribution in [2.45, 2.75) is 0 Å². The van der Waals surface area contributed by atoms with Gasteiger partial charge in [0.15, 0.2) is 0 Å². The van der Waals surface area contributed by atoms with E-state index in [1.807, 2.05) is 0 Å². The maximum absolute atomic E-state index is 2.31. The lowest BCUT2D eigenvalue weighted by molar-refractivity contribution is -0.961. The molecule has 0 amide bonds. The van der Waals surface area contributed by atoms with Crippen molar-refractivity contribution in [2.24, 2.45) is 0 Å². The van der Waals surface area contributed by atoms with Crippen LogP contribution in [0.3, 0.4) is 0 Å². The molecule has 1 saturated heterocycles. The highest BCUT2D eigenvalue weighted by Crippen LogP contribution is 2.09. The monoisotopic (exact) mass is 101 g/mol. The number of hydrogen-bond donors (Lipinski definition) is 0. The second kappa shape index (κ2) is 1.20. The summed E-state index contributed by atoms with van der Waals surface area (Å²) in [5, 5.41) is 0. The Kier molecular flexibility index (Phi) is 0.869. The van der Waals surface area contributed by atoms with E-state index < -0.39 is 0 Å². The molecular formula is C5H13N2+. The van der Waals surface area contributed by atoms with E-state index in [1.165, 1.54) is 13.3 Å². The first-order valence-corrected chi connectivity index (χ1v) is 2.61. The second-order valence-corrected chi connectivity index (χ2v) is 3.07. The predicted molar refractivity (Wildman–Crippen MR) is 29.6 cm³/mol. The lowest BCUT2D eigenvalue weighted by Crippen LogP contribution is -2.63. The van der Waals surface area contributed by atoms with E-state index in [-0.39, 0.29) is 0 Å². The van der Waals surface area contributed by atoms with E-state index in [2.05, 4.69) is 26.0 Å². The zero-order valence-corrected chi connectivity index (χ0v) is 5.31. The summed E-state index contributed by atoms with van der Waals surface area (Å²) < 4.78 is 1.16. The van der Waals surface area contributed by atoms with Gasteiger partial charge in [-0.15, -0.1) is 0 Å². The van der Waals surface area contributed by atoms with Crippen LogP contribution in [0, 0.1) is 0 Å². The van der Waals surface area contributed by atoms with E-state index in [0.29, 0.717) is 0 Å². The highest BCUT2D eigenvalue weighted by atomic mass is 15.6. The van der Waals surface area contributed by atoms with Gasteiger partial charge in [0.1, 0.15) is 13.3 Å². The number of rotatable bonds is 0. The quantitative estimate of drug-likeness (QED) is 0.386. The summed E-state index contributed by atoms with van der Waals surface area (Å²) in [5.41, 5.74) is 0. The minimum atomic E-state index is 1.16. The minimum absolute atomic E-state index is 1.16. The molecule has 1 aliphatic heterocycles. The fourth-order valence-corrected chi connectivity index (χ4v) is 1.27. The normalized spacial score (nSPS) is 29.6. The zero-order chi connectivity index (χ0) is 5.49. The van der Waals surface area contributed by atoms with Gasteiger partial charge in [-0.05, 0) is 7.05 Å². The van der Waals surface area contributed by atoms with Crippen molar-refractivity contribution in [3.05, 3.63) is 0 Å². The maximum Gasteiger partial charge on any atom is 0.139 e. The molecule has 0 aromatic heterocycles. The van der Waals surface area contributed by atoms with Crippen molar-refractivity contribution >= 4 is 0 Å². The molecule has 1 fully saturated rings. The Bertz CT molecular complexity index is 70.1. The van der Waals surface area contributed by atoms with Crippen LogP contribution < -0.4 is 0 Å². The molecule has 0 aromatic carbocycles. The molecule has 0 aromatic rings. The van der Waals surface area contributed by atoms with Gasteiger partial charge >= 0.3 is 0 Å². The number of hydrogen-bond acceptors (Lipinski definition) is 1. The maximum atomic E-state index is 2.31. The highest BCUT2D eigenvalue weighted by Gasteiger charge is 2.29. The van der Waals surface area contributed by atoms with Crippen molar-refractivity contribution in [1.29, 1.82) is 0 Å². The summed E-state index contributed by atoms with van der Waals surface area (Å²) in [7, 11) is 6.61. The summed E-state index contributed by atoms with van der Waals surface area (Å²) in [6, 6.07) is 0. The Morgan fingerprint density at radius 2 is 1.71 bits per heavy atom. The summed E-state index contributed by atoms with van der Waals surface area (Å²) in [6.45, 7) is 2.42. The van der Waals surface area contributed by atoms with Gasteiger partial charge in [-0.3, -0.25) is 0 Å². The standard InChI is InChI=1S/C5H13N2/c1-6-4-7(2,3)5-6/h4-5H2,1-3H3/q+1. The fourth-order valence-electron chi connectivity index (χ4n) is 1.27. The topological polar surface area (TPSA) is 3.24 Å². The fraction of sp³-hybridized carbons (Fsp3) is 1.00. The molecule has 0 unspecified atom stereocenters. The van der Waals surface area contributed by atoms with Crippen LogP contribution in [0.25, 0.3) is 0 Å². The molecule has 7 heavy (non-hydrogen) atoms. The van der Waals surface area contributed by atoms with Crippen molar-refractivity contribution in [1.82, 2.24) is 4.90 Å². The summed E-state index contributed by atoms with van der Waals surface area (Å²) in [6.07, 6.45) is 0. The van der Waals surface area contributed by atoms with Crippen LogP contribution in [0.5, 0.6) is 0 Å². The Hall–Kier alpha value is -0.0800. The van der Waals surface area contributed by atoms with Gasteiger partial charge in [-0.25, -0.2) is 4.90 Å². The number of nitrogens with zero attached hydrogens (tertiary/aromatic N) is 2. The van der Waals surface area contributed by atoms with E-state index in [1.54, 1.807) is 0 Å². The Balaban J connectivity index is 2.29. The molecule has 0 radical (unpaired) electrons. The highest BCUT2D eigenvalue weighted by molar-refractivity contribution is 4.43. The van der Waals surface area contributed by atoms with Gasteiger partial charge in [0, 0.05) is 0 Å². The molecule has 0 N–H and O–H groups in total. The third kappa shape index (κ3) is 0.924. The average Bonchev–Trinajstić information content (AvgIpc) is 1.27. The van der Waals surface area contributed by atoms with Crippen LogP contribution in [0.4, 0.5) is 0 Å². The minimum Gasteiger partial charge on any atom is -0.303 e. The van der Waals surface area contributed by atoms with Crippen LogP contribution in [0.1, 0.15) is 0 Å². The lowest BCUT2D eigenvalue weighted by Gasteiger charge is -2.44. The average molecular weight is 101 g/mol. The largest absolute Gasteiger partial charge is 0.303 e. The third-order valence-electron chi connectivity index (χ3n) is 1.25. The molecule has 0 atom stereocenters. The van der Waals surface area contributed by atoms with Gasteiger partial charge in [-0.1, -0.05) is 0 Å². The van der Waals surface area contributed by atoms with Gasteiger partial charge in [0.2, 0.25) is 0 Å². The van der Waals surface area contributed by atoms with Crippen LogP contribution in [-0.2, 0) is 0 Å². The molecule has 0 aliphatic carbocycles. The molecule has 1 heterocycles. The lowest BCUT2D eigenvalue weighted by atomic mass is 10.5. The van der Waals surface area contributed by atoms with Crippen molar-refractivity contribution in [3.8, 4) is 0 Å². The SMILES string of the molecule is CN1C[N+](C)(C)C1. The van der Waals surface area contributed by atoms with Gasteiger partial charge in [-0.2, -0.15) is 0 Å². The van der Waals surface area contributed by atoms with Crippen molar-refractivity contribution in [2.75, 3.05) is 34.5 Å². The predicted octanol–water partition coefficient (Wildman–Crippen LogP) is -0.0768. The zero-order valence-electron chi connectivity index (χ0n) is 5.31. The van der Waals surface area contributed by atoms with Crippen molar-refractivity contribution in [3.63, 3.8) is 0 Å². The Labute approximate surface area is 44.9 Å². The first-order chi connectivity index (χ1) is 3.10. The smallest absolute Gasteiger partial charge is 0.139 e. The molecule has 1 rings (SSSR count). The summed E-state index contributed by atoms with van der Waals surface area (Å²) in [4.78, 5) is 2.31. The molecule has 2 nitrogen and oxygen atoms in total. The van der Waals surface area contributed by atoms with E-state index >= 15 is 0 Å². The van der Waals surface area contributed by atoms with Crippen LogP contribution in [0.2, 0.25) is 0 Å². The molecular weight excluding hydrogens is 88.1 g/mol. The van der Waals surface area contributed by atoms with Gasteiger partial charge in [0.25, 0.3) is 0 Å². The molecule has 2 heteroatoms. The molecule has 0 saturated carbocycles. The Morgan fingerprint density at radius 1 is 1.29 bits per heavy atom. The van der Waals surface area contributed by atoms with Gasteiger partial charge in [0.05, 0.1) is 14.1 Å².